The van der Waals surface area contributed by atoms with Crippen LogP contribution in [-0.2, 0) is 4.74 Å². The van der Waals surface area contributed by atoms with E-state index >= 15 is 0 Å². The van der Waals surface area contributed by atoms with E-state index in [1.54, 1.807) is 6.07 Å². The first kappa shape index (κ1) is 15.7. The van der Waals surface area contributed by atoms with E-state index in [0.29, 0.717) is 19.6 Å². The van der Waals surface area contributed by atoms with Crippen molar-refractivity contribution in [3.63, 3.8) is 0 Å². The van der Waals surface area contributed by atoms with Crippen LogP contribution in [0.25, 0.3) is 0 Å². The van der Waals surface area contributed by atoms with Gasteiger partial charge < -0.3 is 15.4 Å². The number of benzene rings is 1. The van der Waals surface area contributed by atoms with Crippen molar-refractivity contribution in [2.75, 3.05) is 18.5 Å². The summed E-state index contributed by atoms with van der Waals surface area (Å²) in [6, 6.07) is 3.97. The van der Waals surface area contributed by atoms with Crippen LogP contribution < -0.4 is 10.6 Å². The average molecular weight is 289 g/mol. The third kappa shape index (κ3) is 5.89. The number of amides is 2. The van der Waals surface area contributed by atoms with E-state index in [2.05, 4.69) is 10.6 Å². The predicted molar refractivity (Wildman–Crippen MR) is 74.1 cm³/mol. The van der Waals surface area contributed by atoms with Crippen LogP contribution in [0.2, 0.25) is 5.02 Å². The van der Waals surface area contributed by atoms with Gasteiger partial charge in [-0.2, -0.15) is 0 Å². The minimum atomic E-state index is -0.637. The highest BCUT2D eigenvalue weighted by Gasteiger charge is 2.08. The van der Waals surface area contributed by atoms with Gasteiger partial charge in [-0.1, -0.05) is 17.7 Å². The molecule has 0 fully saturated rings. The molecule has 0 heterocycles. The Morgan fingerprint density at radius 3 is 2.89 bits per heavy atom. The SMILES string of the molecule is CC(C)OCCCNC(=O)Nc1cccc(Cl)c1F. The fourth-order valence-corrected chi connectivity index (χ4v) is 1.53. The molecule has 4 nitrogen and oxygen atoms in total. The van der Waals surface area contributed by atoms with Crippen LogP contribution in [0.1, 0.15) is 20.3 Å². The Labute approximate surface area is 117 Å². The standard InChI is InChI=1S/C13H18ClFN2O2/c1-9(2)19-8-4-7-16-13(18)17-11-6-3-5-10(14)12(11)15/h3,5-6,9H,4,7-8H2,1-2H3,(H2,16,17,18). The summed E-state index contributed by atoms with van der Waals surface area (Å²) in [7, 11) is 0. The number of hydrogen-bond donors (Lipinski definition) is 2. The minimum Gasteiger partial charge on any atom is -0.379 e. The molecule has 2 N–H and O–H groups in total. The molecular weight excluding hydrogens is 271 g/mol. The number of hydrogen-bond acceptors (Lipinski definition) is 2. The largest absolute Gasteiger partial charge is 0.379 e. The molecular formula is C13H18ClFN2O2. The Morgan fingerprint density at radius 2 is 2.21 bits per heavy atom. The summed E-state index contributed by atoms with van der Waals surface area (Å²) in [5, 5.41) is 4.99. The maximum atomic E-state index is 13.5. The van der Waals surface area contributed by atoms with Gasteiger partial charge in [-0.25, -0.2) is 9.18 Å². The monoisotopic (exact) mass is 288 g/mol. The van der Waals surface area contributed by atoms with Gasteiger partial charge in [0, 0.05) is 13.2 Å². The first-order chi connectivity index (χ1) is 9.00. The molecule has 19 heavy (non-hydrogen) atoms. The number of urea groups is 1. The van der Waals surface area contributed by atoms with Gasteiger partial charge in [-0.3, -0.25) is 0 Å². The molecule has 2 amide bonds. The second-order valence-corrected chi connectivity index (χ2v) is 4.66. The Kier molecular flexibility index (Phi) is 6.59. The van der Waals surface area contributed by atoms with Crippen LogP contribution in [0.15, 0.2) is 18.2 Å². The Bertz CT molecular complexity index is 427. The van der Waals surface area contributed by atoms with Crippen LogP contribution >= 0.6 is 11.6 Å². The van der Waals surface area contributed by atoms with Crippen molar-refractivity contribution in [1.82, 2.24) is 5.32 Å². The highest BCUT2D eigenvalue weighted by Crippen LogP contribution is 2.21. The van der Waals surface area contributed by atoms with E-state index in [9.17, 15) is 9.18 Å². The van der Waals surface area contributed by atoms with Crippen molar-refractivity contribution < 1.29 is 13.9 Å². The van der Waals surface area contributed by atoms with Gasteiger partial charge in [-0.05, 0) is 32.4 Å². The molecule has 0 saturated carbocycles. The summed E-state index contributed by atoms with van der Waals surface area (Å²) < 4.78 is 18.8. The second kappa shape index (κ2) is 7.96. The molecule has 0 saturated heterocycles. The van der Waals surface area contributed by atoms with Gasteiger partial charge in [0.1, 0.15) is 0 Å². The summed E-state index contributed by atoms with van der Waals surface area (Å²) in [5.74, 6) is -0.637. The molecule has 6 heteroatoms. The van der Waals surface area contributed by atoms with E-state index in [0.717, 1.165) is 0 Å². The first-order valence-electron chi connectivity index (χ1n) is 6.11. The third-order valence-corrected chi connectivity index (χ3v) is 2.55. The van der Waals surface area contributed by atoms with Gasteiger partial charge in [-0.15, -0.1) is 0 Å². The van der Waals surface area contributed by atoms with Gasteiger partial charge >= 0.3 is 6.03 Å². The maximum Gasteiger partial charge on any atom is 0.319 e. The van der Waals surface area contributed by atoms with E-state index in [4.69, 9.17) is 16.3 Å². The van der Waals surface area contributed by atoms with Crippen molar-refractivity contribution in [2.24, 2.45) is 0 Å². The normalized spacial score (nSPS) is 10.6. The number of ether oxygens (including phenoxy) is 1. The summed E-state index contributed by atoms with van der Waals surface area (Å²) in [5.41, 5.74) is 0.0587. The molecule has 1 rings (SSSR count). The number of carbonyl (C=O) groups is 1. The average Bonchev–Trinajstić information content (AvgIpc) is 2.34. The van der Waals surface area contributed by atoms with Crippen molar-refractivity contribution >= 4 is 23.3 Å². The van der Waals surface area contributed by atoms with Gasteiger partial charge in [0.05, 0.1) is 16.8 Å². The first-order valence-corrected chi connectivity index (χ1v) is 6.49. The van der Waals surface area contributed by atoms with E-state index in [1.165, 1.54) is 12.1 Å². The van der Waals surface area contributed by atoms with E-state index in [1.807, 2.05) is 13.8 Å². The highest BCUT2D eigenvalue weighted by atomic mass is 35.5. The van der Waals surface area contributed by atoms with Crippen LogP contribution in [0, 0.1) is 5.82 Å². The minimum absolute atomic E-state index is 0.0249. The Hall–Kier alpha value is -1.33. The van der Waals surface area contributed by atoms with Crippen molar-refractivity contribution in [3.8, 4) is 0 Å². The van der Waals surface area contributed by atoms with Crippen LogP contribution in [0.5, 0.6) is 0 Å². The number of nitrogens with one attached hydrogen (secondary N) is 2. The zero-order valence-electron chi connectivity index (χ0n) is 11.0. The van der Waals surface area contributed by atoms with Gasteiger partial charge in [0.25, 0.3) is 0 Å². The topological polar surface area (TPSA) is 50.4 Å². The zero-order valence-corrected chi connectivity index (χ0v) is 11.8. The lowest BCUT2D eigenvalue weighted by Gasteiger charge is -2.10. The fourth-order valence-electron chi connectivity index (χ4n) is 1.36. The summed E-state index contributed by atoms with van der Waals surface area (Å²) in [6.07, 6.45) is 0.873. The molecule has 0 bridgehead atoms. The van der Waals surface area contributed by atoms with Crippen molar-refractivity contribution in [3.05, 3.63) is 29.0 Å². The molecule has 0 aliphatic heterocycles. The molecule has 1 aromatic carbocycles. The Morgan fingerprint density at radius 1 is 1.47 bits per heavy atom. The third-order valence-electron chi connectivity index (χ3n) is 2.26. The quantitative estimate of drug-likeness (QED) is 0.788. The van der Waals surface area contributed by atoms with Crippen LogP contribution in [0.3, 0.4) is 0 Å². The summed E-state index contributed by atoms with van der Waals surface area (Å²) in [6.45, 7) is 4.92. The smallest absolute Gasteiger partial charge is 0.319 e. The van der Waals surface area contributed by atoms with Crippen LogP contribution in [0.4, 0.5) is 14.9 Å². The molecule has 0 unspecified atom stereocenters. The van der Waals surface area contributed by atoms with Crippen LogP contribution in [-0.4, -0.2) is 25.3 Å². The maximum absolute atomic E-state index is 13.5. The van der Waals surface area contributed by atoms with Crippen molar-refractivity contribution in [2.45, 2.75) is 26.4 Å². The fraction of sp³-hybridized carbons (Fsp3) is 0.462. The molecule has 0 radical (unpaired) electrons. The Balaban J connectivity index is 2.29. The molecule has 0 aliphatic rings. The lowest BCUT2D eigenvalue weighted by atomic mass is 10.3. The second-order valence-electron chi connectivity index (χ2n) is 4.26. The van der Waals surface area contributed by atoms with Gasteiger partial charge in [0.2, 0.25) is 0 Å². The number of carbonyl (C=O) groups excluding carboxylic acids is 1. The highest BCUT2D eigenvalue weighted by molar-refractivity contribution is 6.31. The van der Waals surface area contributed by atoms with Crippen molar-refractivity contribution in [1.29, 1.82) is 0 Å². The molecule has 106 valence electrons. The molecule has 0 atom stereocenters. The number of rotatable bonds is 6. The summed E-state index contributed by atoms with van der Waals surface area (Å²) >= 11 is 5.61. The zero-order chi connectivity index (χ0) is 14.3. The molecule has 0 aromatic heterocycles. The molecule has 0 aliphatic carbocycles. The summed E-state index contributed by atoms with van der Waals surface area (Å²) in [4.78, 5) is 11.5. The number of halogens is 2. The molecule has 0 spiro atoms. The lowest BCUT2D eigenvalue weighted by molar-refractivity contribution is 0.0775. The van der Waals surface area contributed by atoms with Gasteiger partial charge in [0.15, 0.2) is 5.82 Å². The number of anilines is 1. The van der Waals surface area contributed by atoms with E-state index < -0.39 is 11.8 Å². The molecule has 1 aromatic rings. The van der Waals surface area contributed by atoms with E-state index in [-0.39, 0.29) is 16.8 Å². The lowest BCUT2D eigenvalue weighted by Crippen LogP contribution is -2.30. The predicted octanol–water partition coefficient (Wildman–Crippen LogP) is 3.42.